The van der Waals surface area contributed by atoms with Gasteiger partial charge in [0.25, 0.3) is 0 Å². The first-order chi connectivity index (χ1) is 10.1. The molecule has 1 atom stereocenters. The Morgan fingerprint density at radius 1 is 1.50 bits per heavy atom. The normalized spacial score (nSPS) is 21.3. The molecule has 1 unspecified atom stereocenters. The summed E-state index contributed by atoms with van der Waals surface area (Å²) < 4.78 is 19.3. The number of hydrogen-bond acceptors (Lipinski definition) is 3. The Kier molecular flexibility index (Phi) is 8.02. The van der Waals surface area contributed by atoms with Crippen LogP contribution in [-0.2, 0) is 11.3 Å². The van der Waals surface area contributed by atoms with Crippen molar-refractivity contribution in [1.29, 1.82) is 0 Å². The van der Waals surface area contributed by atoms with E-state index in [4.69, 9.17) is 4.74 Å². The van der Waals surface area contributed by atoms with Gasteiger partial charge in [-0.1, -0.05) is 0 Å². The molecule has 2 rings (SSSR count). The van der Waals surface area contributed by atoms with Gasteiger partial charge in [0.05, 0.1) is 17.8 Å². The van der Waals surface area contributed by atoms with E-state index in [1.54, 1.807) is 12.3 Å². The lowest BCUT2D eigenvalue weighted by atomic mass is 10.0. The largest absolute Gasteiger partial charge is 0.373 e. The first kappa shape index (κ1) is 19.1. The predicted octanol–water partition coefficient (Wildman–Crippen LogP) is 2.46. The molecule has 1 saturated heterocycles. The highest BCUT2D eigenvalue weighted by Gasteiger charge is 2.29. The third-order valence-corrected chi connectivity index (χ3v) is 3.50. The minimum Gasteiger partial charge on any atom is -0.373 e. The lowest BCUT2D eigenvalue weighted by Gasteiger charge is -2.24. The van der Waals surface area contributed by atoms with Crippen LogP contribution in [0, 0.1) is 5.82 Å². The SMILES string of the molecule is CCNC(=NCc1ncccc1F)NCC1(C)CCCO1.I. The first-order valence-electron chi connectivity index (χ1n) is 7.38. The summed E-state index contributed by atoms with van der Waals surface area (Å²) in [4.78, 5) is 8.37. The molecule has 124 valence electrons. The number of ether oxygens (including phenoxy) is 1. The van der Waals surface area contributed by atoms with Gasteiger partial charge < -0.3 is 15.4 Å². The number of aliphatic imine (C=N–C) groups is 1. The molecule has 1 fully saturated rings. The number of hydrogen-bond donors (Lipinski definition) is 2. The molecule has 2 heterocycles. The summed E-state index contributed by atoms with van der Waals surface area (Å²) in [5.41, 5.74) is 0.199. The van der Waals surface area contributed by atoms with Crippen molar-refractivity contribution >= 4 is 29.9 Å². The third-order valence-electron chi connectivity index (χ3n) is 3.50. The smallest absolute Gasteiger partial charge is 0.191 e. The number of halogens is 2. The second kappa shape index (κ2) is 9.24. The molecule has 7 heteroatoms. The van der Waals surface area contributed by atoms with E-state index in [9.17, 15) is 4.39 Å². The Labute approximate surface area is 148 Å². The van der Waals surface area contributed by atoms with Crippen molar-refractivity contribution < 1.29 is 9.13 Å². The molecule has 2 N–H and O–H groups in total. The number of aromatic nitrogens is 1. The van der Waals surface area contributed by atoms with Gasteiger partial charge in [-0.05, 0) is 38.8 Å². The topological polar surface area (TPSA) is 58.5 Å². The van der Waals surface area contributed by atoms with Crippen molar-refractivity contribution in [3.63, 3.8) is 0 Å². The lowest BCUT2D eigenvalue weighted by molar-refractivity contribution is 0.0243. The molecule has 0 amide bonds. The fraction of sp³-hybridized carbons (Fsp3) is 0.600. The minimum absolute atomic E-state index is 0. The molecule has 1 aromatic heterocycles. The van der Waals surface area contributed by atoms with Crippen LogP contribution in [0.15, 0.2) is 23.3 Å². The second-order valence-corrected chi connectivity index (χ2v) is 5.38. The number of guanidine groups is 1. The first-order valence-corrected chi connectivity index (χ1v) is 7.38. The van der Waals surface area contributed by atoms with Crippen molar-refractivity contribution in [2.45, 2.75) is 38.8 Å². The number of nitrogens with one attached hydrogen (secondary N) is 2. The molecule has 1 aliphatic heterocycles. The molecule has 5 nitrogen and oxygen atoms in total. The monoisotopic (exact) mass is 422 g/mol. The Morgan fingerprint density at radius 2 is 2.32 bits per heavy atom. The predicted molar refractivity (Wildman–Crippen MR) is 96.0 cm³/mol. The maximum absolute atomic E-state index is 13.5. The Bertz CT molecular complexity index is 492. The number of rotatable bonds is 5. The molecule has 1 aliphatic rings. The van der Waals surface area contributed by atoms with Gasteiger partial charge in [-0.2, -0.15) is 0 Å². The summed E-state index contributed by atoms with van der Waals surface area (Å²) in [6.07, 6.45) is 3.70. The van der Waals surface area contributed by atoms with E-state index in [-0.39, 0.29) is 41.9 Å². The summed E-state index contributed by atoms with van der Waals surface area (Å²) in [5.74, 6) is 0.322. The average molecular weight is 422 g/mol. The summed E-state index contributed by atoms with van der Waals surface area (Å²) in [6, 6.07) is 2.97. The molecule has 0 bridgehead atoms. The van der Waals surface area contributed by atoms with Gasteiger partial charge in [0.1, 0.15) is 5.82 Å². The molecular formula is C15H24FIN4O. The van der Waals surface area contributed by atoms with Crippen molar-refractivity contribution in [3.8, 4) is 0 Å². The van der Waals surface area contributed by atoms with E-state index in [1.165, 1.54) is 6.07 Å². The zero-order valence-electron chi connectivity index (χ0n) is 13.1. The standard InChI is InChI=1S/C15H23FN4O.HI/c1-3-17-14(20-11-15(2)7-5-9-21-15)19-10-13-12(16)6-4-8-18-13;/h4,6,8H,3,5,7,9-11H2,1-2H3,(H2,17,19,20);1H. The minimum atomic E-state index is -0.330. The van der Waals surface area contributed by atoms with Crippen molar-refractivity contribution in [2.75, 3.05) is 19.7 Å². The number of pyridine rings is 1. The molecule has 22 heavy (non-hydrogen) atoms. The molecule has 0 saturated carbocycles. The van der Waals surface area contributed by atoms with Gasteiger partial charge in [0.2, 0.25) is 0 Å². The zero-order valence-corrected chi connectivity index (χ0v) is 15.4. The van der Waals surface area contributed by atoms with Crippen molar-refractivity contribution in [3.05, 3.63) is 29.8 Å². The van der Waals surface area contributed by atoms with Crippen molar-refractivity contribution in [2.24, 2.45) is 4.99 Å². The van der Waals surface area contributed by atoms with Crippen LogP contribution < -0.4 is 10.6 Å². The molecule has 0 aliphatic carbocycles. The number of nitrogens with zero attached hydrogens (tertiary/aromatic N) is 2. The molecule has 0 radical (unpaired) electrons. The van der Waals surface area contributed by atoms with Crippen LogP contribution >= 0.6 is 24.0 Å². The van der Waals surface area contributed by atoms with Gasteiger partial charge in [0.15, 0.2) is 5.96 Å². The zero-order chi connectivity index (χ0) is 15.1. The molecule has 0 spiro atoms. The summed E-state index contributed by atoms with van der Waals surface area (Å²) in [5, 5.41) is 6.40. The maximum Gasteiger partial charge on any atom is 0.191 e. The molecular weight excluding hydrogens is 398 g/mol. The highest BCUT2D eigenvalue weighted by molar-refractivity contribution is 14.0. The third kappa shape index (κ3) is 5.68. The van der Waals surface area contributed by atoms with Crippen LogP contribution in [0.25, 0.3) is 0 Å². The van der Waals surface area contributed by atoms with Crippen LogP contribution in [0.3, 0.4) is 0 Å². The van der Waals surface area contributed by atoms with Gasteiger partial charge in [-0.15, -0.1) is 24.0 Å². The van der Waals surface area contributed by atoms with Crippen LogP contribution in [0.1, 0.15) is 32.4 Å². The molecule has 0 aromatic carbocycles. The van der Waals surface area contributed by atoms with E-state index >= 15 is 0 Å². The highest BCUT2D eigenvalue weighted by Crippen LogP contribution is 2.23. The van der Waals surface area contributed by atoms with Crippen LogP contribution in [-0.4, -0.2) is 36.2 Å². The van der Waals surface area contributed by atoms with Crippen LogP contribution in [0.5, 0.6) is 0 Å². The second-order valence-electron chi connectivity index (χ2n) is 5.38. The molecule has 1 aromatic rings. The summed E-state index contributed by atoms with van der Waals surface area (Å²) >= 11 is 0. The van der Waals surface area contributed by atoms with Crippen LogP contribution in [0.4, 0.5) is 4.39 Å². The highest BCUT2D eigenvalue weighted by atomic mass is 127. The van der Waals surface area contributed by atoms with Gasteiger partial charge in [-0.3, -0.25) is 4.98 Å². The quantitative estimate of drug-likeness (QED) is 0.435. The van der Waals surface area contributed by atoms with Gasteiger partial charge in [0, 0.05) is 25.9 Å². The van der Waals surface area contributed by atoms with Crippen LogP contribution in [0.2, 0.25) is 0 Å². The Balaban J connectivity index is 0.00000242. The van der Waals surface area contributed by atoms with Crippen molar-refractivity contribution in [1.82, 2.24) is 15.6 Å². The fourth-order valence-electron chi connectivity index (χ4n) is 2.28. The van der Waals surface area contributed by atoms with Gasteiger partial charge >= 0.3 is 0 Å². The van der Waals surface area contributed by atoms with E-state index in [0.29, 0.717) is 18.2 Å². The Hall–Kier alpha value is -0.960. The summed E-state index contributed by atoms with van der Waals surface area (Å²) in [6.45, 7) is 6.53. The summed E-state index contributed by atoms with van der Waals surface area (Å²) in [7, 11) is 0. The van der Waals surface area contributed by atoms with E-state index in [2.05, 4.69) is 27.5 Å². The Morgan fingerprint density at radius 3 is 2.95 bits per heavy atom. The maximum atomic E-state index is 13.5. The van der Waals surface area contributed by atoms with Gasteiger partial charge in [-0.25, -0.2) is 9.38 Å². The fourth-order valence-corrected chi connectivity index (χ4v) is 2.28. The van der Waals surface area contributed by atoms with E-state index < -0.39 is 0 Å². The lowest BCUT2D eigenvalue weighted by Crippen LogP contribution is -2.45. The van der Waals surface area contributed by atoms with E-state index in [0.717, 1.165) is 26.0 Å². The average Bonchev–Trinajstić information content (AvgIpc) is 2.91. The van der Waals surface area contributed by atoms with E-state index in [1.807, 2.05) is 6.92 Å².